The van der Waals surface area contributed by atoms with Crippen LogP contribution >= 0.6 is 0 Å². The average Bonchev–Trinajstić information content (AvgIpc) is 3.21. The lowest BCUT2D eigenvalue weighted by Gasteiger charge is -2.08. The highest BCUT2D eigenvalue weighted by molar-refractivity contribution is 5.97. The lowest BCUT2D eigenvalue weighted by Crippen LogP contribution is -2.24. The maximum Gasteiger partial charge on any atom is 0.416 e. The molecule has 0 unspecified atom stereocenters. The van der Waals surface area contributed by atoms with Crippen molar-refractivity contribution >= 4 is 17.0 Å². The second kappa shape index (κ2) is 9.17. The second-order valence-corrected chi connectivity index (χ2v) is 7.41. The molecule has 0 radical (unpaired) electrons. The molecule has 5 nitrogen and oxygen atoms in total. The normalized spacial score (nSPS) is 11.3. The summed E-state index contributed by atoms with van der Waals surface area (Å²) >= 11 is 0. The van der Waals surface area contributed by atoms with Crippen LogP contribution in [0.1, 0.15) is 33.7 Å². The van der Waals surface area contributed by atoms with E-state index in [4.69, 9.17) is 9.68 Å². The molecule has 8 heteroatoms. The molecular formula is C25H18F3N3O2. The van der Waals surface area contributed by atoms with E-state index in [0.29, 0.717) is 33.6 Å². The Hall–Kier alpha value is -4.12. The Morgan fingerprint density at radius 1 is 1.09 bits per heavy atom. The number of aromatic nitrogens is 1. The van der Waals surface area contributed by atoms with Crippen molar-refractivity contribution in [3.63, 3.8) is 0 Å². The van der Waals surface area contributed by atoms with E-state index >= 15 is 0 Å². The fourth-order valence-corrected chi connectivity index (χ4v) is 3.52. The van der Waals surface area contributed by atoms with Gasteiger partial charge in [-0.15, -0.1) is 0 Å². The molecule has 4 rings (SSSR count). The van der Waals surface area contributed by atoms with Crippen molar-refractivity contribution in [3.8, 4) is 17.2 Å². The van der Waals surface area contributed by atoms with E-state index in [2.05, 4.69) is 10.3 Å². The van der Waals surface area contributed by atoms with Gasteiger partial charge in [0.2, 0.25) is 0 Å². The number of halogens is 3. The summed E-state index contributed by atoms with van der Waals surface area (Å²) in [5.41, 5.74) is 2.70. The van der Waals surface area contributed by atoms with E-state index in [1.807, 2.05) is 12.1 Å². The van der Waals surface area contributed by atoms with Gasteiger partial charge in [0.25, 0.3) is 5.91 Å². The molecule has 1 amide bonds. The molecule has 1 N–H and O–H groups in total. The predicted molar refractivity (Wildman–Crippen MR) is 116 cm³/mol. The van der Waals surface area contributed by atoms with Crippen molar-refractivity contribution in [1.29, 1.82) is 5.26 Å². The van der Waals surface area contributed by atoms with Gasteiger partial charge in [-0.1, -0.05) is 30.3 Å². The van der Waals surface area contributed by atoms with Gasteiger partial charge in [0.05, 0.1) is 18.1 Å². The highest BCUT2D eigenvalue weighted by atomic mass is 19.4. The SMILES string of the molecule is N#CCCNC(=O)c1cccc(-c2ccnc3cc(Cc4cccc(C(F)(F)F)c4)oc23)c1. The Kier molecular flexibility index (Phi) is 6.13. The highest BCUT2D eigenvalue weighted by Crippen LogP contribution is 2.32. The average molecular weight is 449 g/mol. The van der Waals surface area contributed by atoms with Gasteiger partial charge in [-0.25, -0.2) is 0 Å². The molecule has 4 aromatic rings. The molecule has 2 aromatic carbocycles. The number of nitriles is 1. The van der Waals surface area contributed by atoms with Crippen LogP contribution in [0, 0.1) is 11.3 Å². The van der Waals surface area contributed by atoms with Crippen molar-refractivity contribution in [2.24, 2.45) is 0 Å². The van der Waals surface area contributed by atoms with E-state index in [1.165, 1.54) is 6.07 Å². The summed E-state index contributed by atoms with van der Waals surface area (Å²) in [5.74, 6) is 0.191. The smallest absolute Gasteiger partial charge is 0.416 e. The predicted octanol–water partition coefficient (Wildman–Crippen LogP) is 5.75. The lowest BCUT2D eigenvalue weighted by atomic mass is 10.0. The molecule has 166 valence electrons. The molecule has 0 bridgehead atoms. The number of nitrogens with one attached hydrogen (secondary N) is 1. The van der Waals surface area contributed by atoms with Gasteiger partial charge >= 0.3 is 6.18 Å². The molecule has 0 aliphatic heterocycles. The number of fused-ring (bicyclic) bond motifs is 1. The van der Waals surface area contributed by atoms with Crippen LogP contribution in [0.15, 0.2) is 71.3 Å². The van der Waals surface area contributed by atoms with Crippen molar-refractivity contribution < 1.29 is 22.4 Å². The van der Waals surface area contributed by atoms with Crippen molar-refractivity contribution in [1.82, 2.24) is 10.3 Å². The molecule has 0 aliphatic carbocycles. The standard InChI is InChI=1S/C25H18F3N3O2/c26-25(27,28)19-7-1-4-16(12-19)13-20-15-22-23(33-20)21(8-11-30-22)17-5-2-6-18(14-17)24(32)31-10-3-9-29/h1-2,4-8,11-12,14-15H,3,10,13H2,(H,31,32). The Morgan fingerprint density at radius 3 is 2.70 bits per heavy atom. The first-order valence-corrected chi connectivity index (χ1v) is 10.1. The van der Waals surface area contributed by atoms with E-state index in [1.54, 1.807) is 42.6 Å². The molecule has 2 heterocycles. The molecule has 2 aromatic heterocycles. The first kappa shape index (κ1) is 22.1. The number of amides is 1. The van der Waals surface area contributed by atoms with Crippen LogP contribution in [0.5, 0.6) is 0 Å². The van der Waals surface area contributed by atoms with E-state index < -0.39 is 11.7 Å². The summed E-state index contributed by atoms with van der Waals surface area (Å²) in [7, 11) is 0. The summed E-state index contributed by atoms with van der Waals surface area (Å²) in [5, 5.41) is 11.3. The van der Waals surface area contributed by atoms with Crippen LogP contribution in [0.25, 0.3) is 22.2 Å². The maximum absolute atomic E-state index is 13.0. The van der Waals surface area contributed by atoms with Crippen LogP contribution in [0.2, 0.25) is 0 Å². The maximum atomic E-state index is 13.0. The number of rotatable bonds is 6. The minimum atomic E-state index is -4.41. The van der Waals surface area contributed by atoms with Crippen molar-refractivity contribution in [2.45, 2.75) is 19.0 Å². The van der Waals surface area contributed by atoms with Gasteiger partial charge in [-0.3, -0.25) is 9.78 Å². The quantitative estimate of drug-likeness (QED) is 0.380. The van der Waals surface area contributed by atoms with Gasteiger partial charge in [-0.05, 0) is 35.4 Å². The van der Waals surface area contributed by atoms with Crippen LogP contribution in [0.3, 0.4) is 0 Å². The van der Waals surface area contributed by atoms with Crippen molar-refractivity contribution in [2.75, 3.05) is 6.54 Å². The first-order valence-electron chi connectivity index (χ1n) is 10.1. The van der Waals surface area contributed by atoms with Crippen molar-refractivity contribution in [3.05, 3.63) is 89.3 Å². The number of furan rings is 1. The molecule has 0 saturated heterocycles. The van der Waals surface area contributed by atoms with Crippen LogP contribution in [-0.4, -0.2) is 17.4 Å². The second-order valence-electron chi connectivity index (χ2n) is 7.41. The Bertz CT molecular complexity index is 1350. The molecule has 0 atom stereocenters. The largest absolute Gasteiger partial charge is 0.458 e. The summed E-state index contributed by atoms with van der Waals surface area (Å²) in [4.78, 5) is 16.6. The Balaban J connectivity index is 1.63. The lowest BCUT2D eigenvalue weighted by molar-refractivity contribution is -0.137. The van der Waals surface area contributed by atoms with E-state index in [9.17, 15) is 18.0 Å². The number of hydrogen-bond acceptors (Lipinski definition) is 4. The number of carbonyl (C=O) groups is 1. The minimum absolute atomic E-state index is 0.182. The first-order chi connectivity index (χ1) is 15.8. The van der Waals surface area contributed by atoms with E-state index in [0.717, 1.165) is 17.7 Å². The van der Waals surface area contributed by atoms with Crippen LogP contribution in [-0.2, 0) is 12.6 Å². The molecule has 0 aliphatic rings. The number of hydrogen-bond donors (Lipinski definition) is 1. The number of carbonyl (C=O) groups excluding carboxylic acids is 1. The van der Waals surface area contributed by atoms with E-state index in [-0.39, 0.29) is 25.3 Å². The third-order valence-corrected chi connectivity index (χ3v) is 5.05. The molecule has 0 saturated carbocycles. The van der Waals surface area contributed by atoms with Gasteiger partial charge in [0.1, 0.15) is 11.3 Å². The van der Waals surface area contributed by atoms with Gasteiger partial charge in [-0.2, -0.15) is 18.4 Å². The zero-order chi connectivity index (χ0) is 23.4. The van der Waals surface area contributed by atoms with Gasteiger partial charge < -0.3 is 9.73 Å². The zero-order valence-electron chi connectivity index (χ0n) is 17.3. The zero-order valence-corrected chi connectivity index (χ0v) is 17.3. The third kappa shape index (κ3) is 5.04. The van der Waals surface area contributed by atoms with Gasteiger partial charge in [0.15, 0.2) is 5.58 Å². The van der Waals surface area contributed by atoms with Crippen LogP contribution < -0.4 is 5.32 Å². The minimum Gasteiger partial charge on any atom is -0.458 e. The van der Waals surface area contributed by atoms with Crippen LogP contribution in [0.4, 0.5) is 13.2 Å². The third-order valence-electron chi connectivity index (χ3n) is 5.05. The topological polar surface area (TPSA) is 78.9 Å². The molecule has 0 spiro atoms. The number of benzene rings is 2. The summed E-state index contributed by atoms with van der Waals surface area (Å²) < 4.78 is 45.0. The molecule has 0 fully saturated rings. The molecular weight excluding hydrogens is 431 g/mol. The Labute approximate surface area is 187 Å². The summed E-state index contributed by atoms with van der Waals surface area (Å²) in [6.45, 7) is 0.260. The summed E-state index contributed by atoms with van der Waals surface area (Å²) in [6.07, 6.45) is -2.40. The summed E-state index contributed by atoms with van der Waals surface area (Å²) in [6, 6.07) is 17.5. The van der Waals surface area contributed by atoms with Gasteiger partial charge in [0, 0.05) is 36.4 Å². The monoisotopic (exact) mass is 449 g/mol. The number of nitrogens with zero attached hydrogens (tertiary/aromatic N) is 2. The fraction of sp³-hybridized carbons (Fsp3) is 0.160. The number of alkyl halides is 3. The fourth-order valence-electron chi connectivity index (χ4n) is 3.52. The molecule has 33 heavy (non-hydrogen) atoms. The highest BCUT2D eigenvalue weighted by Gasteiger charge is 2.30. The number of pyridine rings is 1. The Morgan fingerprint density at radius 2 is 1.91 bits per heavy atom.